The van der Waals surface area contributed by atoms with Crippen LogP contribution in [0.4, 0.5) is 5.00 Å². The summed E-state index contributed by atoms with van der Waals surface area (Å²) in [7, 11) is 0. The Balaban J connectivity index is 2.35. The Labute approximate surface area is 120 Å². The molecule has 0 radical (unpaired) electrons. The lowest BCUT2D eigenvalue weighted by molar-refractivity contribution is 0.100. The van der Waals surface area contributed by atoms with E-state index in [1.165, 1.54) is 11.3 Å². The monoisotopic (exact) mass is 292 g/mol. The standard InChI is InChI=1S/C14H16N2O3S/c1-6-5-10(8(3)19-6)13(18)16-14-11(12(15)17)7(2)9(4)20-14/h5H,1-4H3,(H2,15,17)(H,16,18). The Morgan fingerprint density at radius 1 is 1.25 bits per heavy atom. The van der Waals surface area contributed by atoms with Gasteiger partial charge in [-0.25, -0.2) is 0 Å². The van der Waals surface area contributed by atoms with Crippen LogP contribution in [0.25, 0.3) is 0 Å². The van der Waals surface area contributed by atoms with Crippen LogP contribution in [0.15, 0.2) is 10.5 Å². The number of primary amides is 1. The zero-order chi connectivity index (χ0) is 15.0. The number of hydrogen-bond donors (Lipinski definition) is 2. The molecule has 2 amide bonds. The lowest BCUT2D eigenvalue weighted by Gasteiger charge is -2.04. The number of rotatable bonds is 3. The van der Waals surface area contributed by atoms with Crippen molar-refractivity contribution in [1.29, 1.82) is 0 Å². The fraction of sp³-hybridized carbons (Fsp3) is 0.286. The highest BCUT2D eigenvalue weighted by Crippen LogP contribution is 2.32. The van der Waals surface area contributed by atoms with Gasteiger partial charge in [0.2, 0.25) is 0 Å². The number of nitrogens with one attached hydrogen (secondary N) is 1. The molecule has 6 heteroatoms. The number of amides is 2. The minimum atomic E-state index is -0.540. The first-order valence-corrected chi connectivity index (χ1v) is 6.91. The Morgan fingerprint density at radius 2 is 1.90 bits per heavy atom. The lowest BCUT2D eigenvalue weighted by Crippen LogP contribution is -2.17. The Kier molecular flexibility index (Phi) is 3.67. The van der Waals surface area contributed by atoms with E-state index in [1.54, 1.807) is 19.9 Å². The van der Waals surface area contributed by atoms with E-state index in [4.69, 9.17) is 10.2 Å². The van der Waals surface area contributed by atoms with Crippen LogP contribution in [0.3, 0.4) is 0 Å². The van der Waals surface area contributed by atoms with Crippen LogP contribution >= 0.6 is 11.3 Å². The normalized spacial score (nSPS) is 10.6. The van der Waals surface area contributed by atoms with Crippen molar-refractivity contribution in [3.63, 3.8) is 0 Å². The third-order valence-electron chi connectivity index (χ3n) is 3.14. The molecule has 0 atom stereocenters. The molecule has 0 unspecified atom stereocenters. The molecule has 0 fully saturated rings. The second-order valence-corrected chi connectivity index (χ2v) is 5.86. The van der Waals surface area contributed by atoms with Crippen LogP contribution in [-0.2, 0) is 0 Å². The van der Waals surface area contributed by atoms with Gasteiger partial charge in [-0.15, -0.1) is 11.3 Å². The second kappa shape index (κ2) is 5.13. The molecule has 0 saturated heterocycles. The summed E-state index contributed by atoms with van der Waals surface area (Å²) < 4.78 is 5.33. The maximum absolute atomic E-state index is 12.2. The number of furan rings is 1. The summed E-state index contributed by atoms with van der Waals surface area (Å²) in [5.74, 6) is 0.372. The molecule has 20 heavy (non-hydrogen) atoms. The van der Waals surface area contributed by atoms with E-state index in [-0.39, 0.29) is 5.91 Å². The maximum Gasteiger partial charge on any atom is 0.259 e. The van der Waals surface area contributed by atoms with Crippen molar-refractivity contribution in [2.24, 2.45) is 5.73 Å². The van der Waals surface area contributed by atoms with E-state index in [1.807, 2.05) is 13.8 Å². The van der Waals surface area contributed by atoms with Crippen LogP contribution in [0.1, 0.15) is 42.7 Å². The van der Waals surface area contributed by atoms with Crippen LogP contribution < -0.4 is 11.1 Å². The zero-order valence-corrected chi connectivity index (χ0v) is 12.6. The molecule has 0 bridgehead atoms. The molecule has 0 aliphatic rings. The van der Waals surface area contributed by atoms with Gasteiger partial charge < -0.3 is 15.5 Å². The van der Waals surface area contributed by atoms with Crippen LogP contribution in [0, 0.1) is 27.7 Å². The van der Waals surface area contributed by atoms with E-state index in [0.717, 1.165) is 10.4 Å². The van der Waals surface area contributed by atoms with Crippen molar-refractivity contribution >= 4 is 28.2 Å². The van der Waals surface area contributed by atoms with Gasteiger partial charge in [0, 0.05) is 4.88 Å². The number of carbonyl (C=O) groups excluding carboxylic acids is 2. The predicted octanol–water partition coefficient (Wildman–Crippen LogP) is 2.93. The molecule has 0 aliphatic carbocycles. The van der Waals surface area contributed by atoms with Crippen molar-refractivity contribution in [2.75, 3.05) is 5.32 Å². The van der Waals surface area contributed by atoms with Gasteiger partial charge in [0.25, 0.3) is 11.8 Å². The van der Waals surface area contributed by atoms with Crippen molar-refractivity contribution in [1.82, 2.24) is 0 Å². The summed E-state index contributed by atoms with van der Waals surface area (Å²) >= 11 is 1.34. The number of thiophene rings is 1. The van der Waals surface area contributed by atoms with E-state index in [9.17, 15) is 9.59 Å². The molecule has 0 aliphatic heterocycles. The highest BCUT2D eigenvalue weighted by Gasteiger charge is 2.21. The minimum absolute atomic E-state index is 0.303. The summed E-state index contributed by atoms with van der Waals surface area (Å²) in [5.41, 5.74) is 7.01. The fourth-order valence-corrected chi connectivity index (χ4v) is 3.10. The number of aryl methyl sites for hydroxylation is 3. The molecule has 2 aromatic rings. The van der Waals surface area contributed by atoms with Gasteiger partial charge in [-0.2, -0.15) is 0 Å². The van der Waals surface area contributed by atoms with Crippen LogP contribution in [-0.4, -0.2) is 11.8 Å². The van der Waals surface area contributed by atoms with Gasteiger partial charge in [-0.1, -0.05) is 0 Å². The largest absolute Gasteiger partial charge is 0.466 e. The summed E-state index contributed by atoms with van der Waals surface area (Å²) in [6, 6.07) is 1.67. The minimum Gasteiger partial charge on any atom is -0.466 e. The van der Waals surface area contributed by atoms with Crippen molar-refractivity contribution in [3.8, 4) is 0 Å². The maximum atomic E-state index is 12.2. The number of nitrogens with two attached hydrogens (primary N) is 1. The second-order valence-electron chi connectivity index (χ2n) is 4.63. The molecule has 0 spiro atoms. The summed E-state index contributed by atoms with van der Waals surface area (Å²) in [5, 5.41) is 3.22. The zero-order valence-electron chi connectivity index (χ0n) is 11.8. The van der Waals surface area contributed by atoms with Crippen molar-refractivity contribution in [2.45, 2.75) is 27.7 Å². The number of carbonyl (C=O) groups is 2. The predicted molar refractivity (Wildman–Crippen MR) is 78.4 cm³/mol. The molecule has 2 rings (SSSR count). The van der Waals surface area contributed by atoms with Crippen molar-refractivity contribution < 1.29 is 14.0 Å². The SMILES string of the molecule is Cc1cc(C(=O)Nc2sc(C)c(C)c2C(N)=O)c(C)o1. The smallest absolute Gasteiger partial charge is 0.259 e. The molecule has 106 valence electrons. The molecule has 0 saturated carbocycles. The first kappa shape index (κ1) is 14.3. The summed E-state index contributed by atoms with van der Waals surface area (Å²) in [4.78, 5) is 24.7. The molecule has 3 N–H and O–H groups in total. The fourth-order valence-electron chi connectivity index (χ4n) is 2.04. The highest BCUT2D eigenvalue weighted by molar-refractivity contribution is 7.16. The van der Waals surface area contributed by atoms with Crippen LogP contribution in [0.2, 0.25) is 0 Å². The third-order valence-corrected chi connectivity index (χ3v) is 4.27. The van der Waals surface area contributed by atoms with E-state index in [0.29, 0.717) is 27.6 Å². The highest BCUT2D eigenvalue weighted by atomic mass is 32.1. The van der Waals surface area contributed by atoms with Gasteiger partial charge in [-0.3, -0.25) is 9.59 Å². The van der Waals surface area contributed by atoms with E-state index >= 15 is 0 Å². The van der Waals surface area contributed by atoms with Gasteiger partial charge in [0.15, 0.2) is 0 Å². The van der Waals surface area contributed by atoms with Gasteiger partial charge >= 0.3 is 0 Å². The van der Waals surface area contributed by atoms with Gasteiger partial charge in [0.05, 0.1) is 11.1 Å². The topological polar surface area (TPSA) is 85.3 Å². The van der Waals surface area contributed by atoms with Gasteiger partial charge in [0.1, 0.15) is 16.5 Å². The molecule has 5 nitrogen and oxygen atoms in total. The quantitative estimate of drug-likeness (QED) is 0.912. The average molecular weight is 292 g/mol. The van der Waals surface area contributed by atoms with Crippen LogP contribution in [0.5, 0.6) is 0 Å². The van der Waals surface area contributed by atoms with E-state index in [2.05, 4.69) is 5.32 Å². The molecule has 2 heterocycles. The Bertz CT molecular complexity index is 698. The Morgan fingerprint density at radius 3 is 2.40 bits per heavy atom. The first-order chi connectivity index (χ1) is 9.31. The van der Waals surface area contributed by atoms with Crippen molar-refractivity contribution in [3.05, 3.63) is 39.2 Å². The third kappa shape index (κ3) is 2.46. The number of hydrogen-bond acceptors (Lipinski definition) is 4. The molecule has 0 aromatic carbocycles. The lowest BCUT2D eigenvalue weighted by atomic mass is 10.1. The molecule has 2 aromatic heterocycles. The molecular formula is C14H16N2O3S. The first-order valence-electron chi connectivity index (χ1n) is 6.09. The Hall–Kier alpha value is -2.08. The number of anilines is 1. The van der Waals surface area contributed by atoms with E-state index < -0.39 is 5.91 Å². The summed E-state index contributed by atoms with van der Waals surface area (Å²) in [6.45, 7) is 7.20. The van der Waals surface area contributed by atoms with Gasteiger partial charge in [-0.05, 0) is 39.3 Å². The average Bonchev–Trinajstić information content (AvgIpc) is 2.80. The molecular weight excluding hydrogens is 276 g/mol. The summed E-state index contributed by atoms with van der Waals surface area (Å²) in [6.07, 6.45) is 0.